The van der Waals surface area contributed by atoms with Crippen LogP contribution in [0, 0.1) is 18.8 Å². The highest BCUT2D eigenvalue weighted by Crippen LogP contribution is 2.46. The third kappa shape index (κ3) is 2.61. The highest BCUT2D eigenvalue weighted by atomic mass is 16.5. The Bertz CT molecular complexity index is 818. The van der Waals surface area contributed by atoms with E-state index in [-0.39, 0.29) is 11.3 Å². The predicted molar refractivity (Wildman–Crippen MR) is 93.0 cm³/mol. The second kappa shape index (κ2) is 5.87. The molecule has 7 heteroatoms. The van der Waals surface area contributed by atoms with Crippen LogP contribution in [-0.4, -0.2) is 57.0 Å². The van der Waals surface area contributed by atoms with Gasteiger partial charge in [-0.2, -0.15) is 4.98 Å². The fourth-order valence-corrected chi connectivity index (χ4v) is 4.57. The summed E-state index contributed by atoms with van der Waals surface area (Å²) in [4.78, 5) is 26.1. The van der Waals surface area contributed by atoms with E-state index in [1.165, 1.54) is 0 Å². The number of carbonyl (C=O) groups excluding carboxylic acids is 1. The Morgan fingerprint density at radius 1 is 1.31 bits per heavy atom. The third-order valence-corrected chi connectivity index (χ3v) is 5.98. The first kappa shape index (κ1) is 15.9. The zero-order chi connectivity index (χ0) is 17.7. The van der Waals surface area contributed by atoms with Crippen molar-refractivity contribution in [3.05, 3.63) is 41.8 Å². The molecule has 3 fully saturated rings. The number of carbonyl (C=O) groups is 1. The zero-order valence-corrected chi connectivity index (χ0v) is 15.0. The minimum absolute atomic E-state index is 0.249. The lowest BCUT2D eigenvalue weighted by molar-refractivity contribution is -0.132. The van der Waals surface area contributed by atoms with Gasteiger partial charge >= 0.3 is 0 Å². The molecule has 2 saturated heterocycles. The summed E-state index contributed by atoms with van der Waals surface area (Å²) in [5.74, 6) is 2.23. The summed E-state index contributed by atoms with van der Waals surface area (Å²) in [6.07, 6.45) is 3.91. The molecule has 4 heterocycles. The molecule has 26 heavy (non-hydrogen) atoms. The number of hydrogen-bond donors (Lipinski definition) is 0. The van der Waals surface area contributed by atoms with E-state index >= 15 is 0 Å². The van der Waals surface area contributed by atoms with Crippen LogP contribution >= 0.6 is 0 Å². The molecule has 2 atom stereocenters. The van der Waals surface area contributed by atoms with Crippen molar-refractivity contribution in [3.63, 3.8) is 0 Å². The van der Waals surface area contributed by atoms with Crippen LogP contribution in [0.2, 0.25) is 0 Å². The molecule has 2 aliphatic heterocycles. The van der Waals surface area contributed by atoms with E-state index in [1.54, 1.807) is 0 Å². The molecule has 0 N–H and O–H groups in total. The summed E-state index contributed by atoms with van der Waals surface area (Å²) in [6.45, 7) is 5.88. The molecule has 1 amide bonds. The van der Waals surface area contributed by atoms with Crippen molar-refractivity contribution >= 4 is 5.91 Å². The number of hydrogen-bond acceptors (Lipinski definition) is 6. The van der Waals surface area contributed by atoms with Crippen molar-refractivity contribution < 1.29 is 9.32 Å². The number of aryl methyl sites for hydroxylation is 1. The Labute approximate surface area is 152 Å². The number of amides is 1. The summed E-state index contributed by atoms with van der Waals surface area (Å²) < 4.78 is 5.61. The highest BCUT2D eigenvalue weighted by molar-refractivity contribution is 5.81. The van der Waals surface area contributed by atoms with Gasteiger partial charge in [0.1, 0.15) is 0 Å². The fraction of sp³-hybridized carbons (Fsp3) is 0.579. The van der Waals surface area contributed by atoms with Gasteiger partial charge in [-0.15, -0.1) is 0 Å². The Kier molecular flexibility index (Phi) is 3.60. The number of nitrogens with zero attached hydrogens (tertiary/aromatic N) is 5. The monoisotopic (exact) mass is 353 g/mol. The molecule has 5 rings (SSSR count). The minimum Gasteiger partial charge on any atom is -0.341 e. The lowest BCUT2D eigenvalue weighted by atomic mass is 9.81. The van der Waals surface area contributed by atoms with Gasteiger partial charge in [0.05, 0.1) is 11.1 Å². The van der Waals surface area contributed by atoms with Crippen LogP contribution in [0.4, 0.5) is 0 Å². The van der Waals surface area contributed by atoms with Crippen molar-refractivity contribution in [2.24, 2.45) is 11.8 Å². The Morgan fingerprint density at radius 3 is 2.88 bits per heavy atom. The van der Waals surface area contributed by atoms with Gasteiger partial charge in [0.25, 0.3) is 0 Å². The van der Waals surface area contributed by atoms with Crippen molar-refractivity contribution in [2.75, 3.05) is 26.2 Å². The Morgan fingerprint density at radius 2 is 2.19 bits per heavy atom. The van der Waals surface area contributed by atoms with E-state index in [1.807, 2.05) is 30.2 Å². The van der Waals surface area contributed by atoms with Crippen LogP contribution in [0.5, 0.6) is 0 Å². The summed E-state index contributed by atoms with van der Waals surface area (Å²) in [5, 5.41) is 4.02. The molecule has 1 saturated carbocycles. The maximum Gasteiger partial charge on any atom is 0.236 e. The van der Waals surface area contributed by atoms with Crippen LogP contribution < -0.4 is 0 Å². The zero-order valence-electron chi connectivity index (χ0n) is 15.0. The largest absolute Gasteiger partial charge is 0.341 e. The summed E-state index contributed by atoms with van der Waals surface area (Å²) >= 11 is 0. The number of fused-ring (bicyclic) bond motifs is 1. The van der Waals surface area contributed by atoms with Crippen molar-refractivity contribution in [2.45, 2.75) is 31.7 Å². The van der Waals surface area contributed by atoms with Gasteiger partial charge in [0.2, 0.25) is 11.8 Å². The second-order valence-electron chi connectivity index (χ2n) is 7.98. The molecule has 2 aromatic rings. The molecule has 0 bridgehead atoms. The Hall–Kier alpha value is -2.28. The van der Waals surface area contributed by atoms with Gasteiger partial charge in [-0.1, -0.05) is 11.2 Å². The van der Waals surface area contributed by atoms with Gasteiger partial charge in [-0.3, -0.25) is 14.7 Å². The number of aromatic nitrogens is 3. The predicted octanol–water partition coefficient (Wildman–Crippen LogP) is 1.40. The normalized spacial score (nSPS) is 28.5. The quantitative estimate of drug-likeness (QED) is 0.827. The smallest absolute Gasteiger partial charge is 0.236 e. The maximum atomic E-state index is 12.6. The van der Waals surface area contributed by atoms with Crippen LogP contribution in [0.3, 0.4) is 0 Å². The van der Waals surface area contributed by atoms with Crippen LogP contribution in [0.15, 0.2) is 28.9 Å². The summed E-state index contributed by atoms with van der Waals surface area (Å²) in [5.41, 5.74) is 0.816. The van der Waals surface area contributed by atoms with E-state index in [0.717, 1.165) is 44.7 Å². The molecule has 1 aliphatic carbocycles. The molecule has 3 aliphatic rings. The van der Waals surface area contributed by atoms with E-state index in [4.69, 9.17) is 4.52 Å². The van der Waals surface area contributed by atoms with E-state index in [0.29, 0.717) is 30.1 Å². The standard InChI is InChI=1S/C19H23N5O2/c1-13-21-18(26-22-13)19-11-23(10-16-4-2-3-7-20-16)8-15(19)9-24(12-19)17(25)14-5-6-14/h2-4,7,14-15H,5-6,8-12H2,1H3/t15-,19-/m0/s1. The van der Waals surface area contributed by atoms with Crippen LogP contribution in [0.1, 0.15) is 30.3 Å². The molecule has 136 valence electrons. The molecule has 0 unspecified atom stereocenters. The topological polar surface area (TPSA) is 75.4 Å². The van der Waals surface area contributed by atoms with Gasteiger partial charge < -0.3 is 9.42 Å². The summed E-state index contributed by atoms with van der Waals surface area (Å²) in [6, 6.07) is 6.01. The van der Waals surface area contributed by atoms with Crippen LogP contribution in [0.25, 0.3) is 0 Å². The molecule has 0 aromatic carbocycles. The fourth-order valence-electron chi connectivity index (χ4n) is 4.57. The average Bonchev–Trinajstić information content (AvgIpc) is 3.16. The van der Waals surface area contributed by atoms with Crippen molar-refractivity contribution in [3.8, 4) is 0 Å². The third-order valence-electron chi connectivity index (χ3n) is 5.98. The summed E-state index contributed by atoms with van der Waals surface area (Å²) in [7, 11) is 0. The first-order valence-corrected chi connectivity index (χ1v) is 9.36. The maximum absolute atomic E-state index is 12.6. The van der Waals surface area contributed by atoms with Gasteiger partial charge in [-0.05, 0) is 31.9 Å². The SMILES string of the molecule is Cc1noc([C@]23CN(Cc4ccccn4)C[C@H]2CN(C(=O)C2CC2)C3)n1. The molecule has 2 aromatic heterocycles. The first-order valence-electron chi connectivity index (χ1n) is 9.36. The average molecular weight is 353 g/mol. The van der Waals surface area contributed by atoms with Crippen LogP contribution in [-0.2, 0) is 16.8 Å². The molecule has 0 radical (unpaired) electrons. The van der Waals surface area contributed by atoms with E-state index < -0.39 is 0 Å². The first-order chi connectivity index (χ1) is 12.6. The molecular formula is C19H23N5O2. The number of rotatable bonds is 4. The van der Waals surface area contributed by atoms with Crippen molar-refractivity contribution in [1.82, 2.24) is 24.9 Å². The van der Waals surface area contributed by atoms with E-state index in [9.17, 15) is 4.79 Å². The highest BCUT2D eigenvalue weighted by Gasteiger charge is 2.58. The molecule has 7 nitrogen and oxygen atoms in total. The van der Waals surface area contributed by atoms with Crippen molar-refractivity contribution in [1.29, 1.82) is 0 Å². The number of likely N-dealkylation sites (tertiary alicyclic amines) is 2. The lowest BCUT2D eigenvalue weighted by Crippen LogP contribution is -2.40. The Balaban J connectivity index is 1.41. The van der Waals surface area contributed by atoms with E-state index in [2.05, 4.69) is 26.1 Å². The van der Waals surface area contributed by atoms with Gasteiger partial charge in [-0.25, -0.2) is 0 Å². The minimum atomic E-state index is -0.249. The van der Waals surface area contributed by atoms with Gasteiger partial charge in [0, 0.05) is 50.8 Å². The molecule has 0 spiro atoms. The number of pyridine rings is 1. The lowest BCUT2D eigenvalue weighted by Gasteiger charge is -2.26. The van der Waals surface area contributed by atoms with Gasteiger partial charge in [0.15, 0.2) is 5.82 Å². The second-order valence-corrected chi connectivity index (χ2v) is 7.98. The molecular weight excluding hydrogens is 330 g/mol.